The first kappa shape index (κ1) is 11.4. The molecule has 0 aliphatic carbocycles. The second kappa shape index (κ2) is 4.42. The van der Waals surface area contributed by atoms with Gasteiger partial charge in [0.2, 0.25) is 0 Å². The van der Waals surface area contributed by atoms with Gasteiger partial charge in [0.1, 0.15) is 5.82 Å². The number of anilines is 1. The number of fused-ring (bicyclic) bond motifs is 1. The Morgan fingerprint density at radius 3 is 2.94 bits per heavy atom. The maximum Gasteiger partial charge on any atom is 0.123 e. The largest absolute Gasteiger partial charge is 0.368 e. The fraction of sp³-hybridized carbons (Fsp3) is 0.538. The summed E-state index contributed by atoms with van der Waals surface area (Å²) in [5.74, 6) is -0.142. The smallest absolute Gasteiger partial charge is 0.123 e. The maximum absolute atomic E-state index is 13.1. The van der Waals surface area contributed by atoms with Gasteiger partial charge in [0.05, 0.1) is 0 Å². The predicted octanol–water partition coefficient (Wildman–Crippen LogP) is 2.31. The van der Waals surface area contributed by atoms with Crippen LogP contribution in [0.3, 0.4) is 0 Å². The summed E-state index contributed by atoms with van der Waals surface area (Å²) >= 11 is 0. The number of nitrogens with zero attached hydrogens (tertiary/aromatic N) is 1. The summed E-state index contributed by atoms with van der Waals surface area (Å²) in [6, 6.07) is 5.70. The van der Waals surface area contributed by atoms with E-state index in [0.29, 0.717) is 6.04 Å². The van der Waals surface area contributed by atoms with E-state index < -0.39 is 0 Å². The zero-order chi connectivity index (χ0) is 11.7. The van der Waals surface area contributed by atoms with Crippen molar-refractivity contribution in [3.8, 4) is 0 Å². The first-order chi connectivity index (χ1) is 7.61. The standard InChI is InChI=1S/C13H19FN2/c1-3-16-12(6-9(2)15)8-10-7-11(14)4-5-13(10)16/h4-5,7,9,12H,3,6,8,15H2,1-2H3. The van der Waals surface area contributed by atoms with E-state index in [9.17, 15) is 4.39 Å². The molecule has 3 heteroatoms. The fourth-order valence-corrected chi connectivity index (χ4v) is 2.63. The normalized spacial score (nSPS) is 21.0. The van der Waals surface area contributed by atoms with Crippen molar-refractivity contribution in [3.05, 3.63) is 29.6 Å². The first-order valence-corrected chi connectivity index (χ1v) is 5.92. The summed E-state index contributed by atoms with van der Waals surface area (Å²) in [7, 11) is 0. The molecule has 0 fully saturated rings. The number of hydrogen-bond acceptors (Lipinski definition) is 2. The molecular weight excluding hydrogens is 203 g/mol. The van der Waals surface area contributed by atoms with Crippen LogP contribution in [-0.2, 0) is 6.42 Å². The Labute approximate surface area is 96.2 Å². The van der Waals surface area contributed by atoms with E-state index >= 15 is 0 Å². The Morgan fingerprint density at radius 2 is 2.31 bits per heavy atom. The molecule has 0 bridgehead atoms. The lowest BCUT2D eigenvalue weighted by molar-refractivity contribution is 0.529. The SMILES string of the molecule is CCN1c2ccc(F)cc2CC1CC(C)N. The van der Waals surface area contributed by atoms with Gasteiger partial charge in [-0.1, -0.05) is 0 Å². The summed E-state index contributed by atoms with van der Waals surface area (Å²) in [4.78, 5) is 2.33. The molecule has 2 unspecified atom stereocenters. The number of nitrogens with two attached hydrogens (primary N) is 1. The third-order valence-corrected chi connectivity index (χ3v) is 3.23. The van der Waals surface area contributed by atoms with Crippen LogP contribution in [0.25, 0.3) is 0 Å². The number of hydrogen-bond donors (Lipinski definition) is 1. The van der Waals surface area contributed by atoms with Gasteiger partial charge in [0, 0.05) is 24.3 Å². The topological polar surface area (TPSA) is 29.3 Å². The molecule has 0 radical (unpaired) electrons. The van der Waals surface area contributed by atoms with E-state index in [1.165, 1.54) is 11.8 Å². The molecule has 1 aliphatic heterocycles. The molecule has 1 aromatic rings. The van der Waals surface area contributed by atoms with Crippen molar-refractivity contribution in [1.82, 2.24) is 0 Å². The minimum absolute atomic E-state index is 0.142. The zero-order valence-electron chi connectivity index (χ0n) is 9.91. The average Bonchev–Trinajstić information content (AvgIpc) is 2.52. The molecule has 2 N–H and O–H groups in total. The van der Waals surface area contributed by atoms with Gasteiger partial charge < -0.3 is 10.6 Å². The molecule has 2 atom stereocenters. The van der Waals surface area contributed by atoms with E-state index in [4.69, 9.17) is 5.73 Å². The van der Waals surface area contributed by atoms with Gasteiger partial charge in [-0.25, -0.2) is 4.39 Å². The second-order valence-corrected chi connectivity index (χ2v) is 4.63. The highest BCUT2D eigenvalue weighted by atomic mass is 19.1. The minimum atomic E-state index is -0.142. The highest BCUT2D eigenvalue weighted by molar-refractivity contribution is 5.59. The third-order valence-electron chi connectivity index (χ3n) is 3.23. The molecule has 16 heavy (non-hydrogen) atoms. The van der Waals surface area contributed by atoms with Gasteiger partial charge in [-0.3, -0.25) is 0 Å². The molecule has 0 aromatic heterocycles. The lowest BCUT2D eigenvalue weighted by Crippen LogP contribution is -2.36. The van der Waals surface area contributed by atoms with E-state index in [-0.39, 0.29) is 11.9 Å². The van der Waals surface area contributed by atoms with Crippen molar-refractivity contribution in [3.63, 3.8) is 0 Å². The monoisotopic (exact) mass is 222 g/mol. The molecule has 88 valence electrons. The van der Waals surface area contributed by atoms with Gasteiger partial charge in [-0.2, -0.15) is 0 Å². The molecule has 0 saturated heterocycles. The number of halogens is 1. The predicted molar refractivity (Wildman–Crippen MR) is 65.2 cm³/mol. The van der Waals surface area contributed by atoms with Crippen LogP contribution in [0.1, 0.15) is 25.8 Å². The van der Waals surface area contributed by atoms with Crippen molar-refractivity contribution >= 4 is 5.69 Å². The Bertz CT molecular complexity index is 376. The summed E-state index contributed by atoms with van der Waals surface area (Å²) in [5.41, 5.74) is 8.15. The lowest BCUT2D eigenvalue weighted by atomic mass is 10.0. The third kappa shape index (κ3) is 2.05. The van der Waals surface area contributed by atoms with E-state index in [1.807, 2.05) is 13.0 Å². The van der Waals surface area contributed by atoms with Crippen molar-refractivity contribution in [2.24, 2.45) is 5.73 Å². The van der Waals surface area contributed by atoms with Crippen LogP contribution < -0.4 is 10.6 Å². The second-order valence-electron chi connectivity index (χ2n) is 4.63. The molecule has 2 nitrogen and oxygen atoms in total. The van der Waals surface area contributed by atoms with E-state index in [2.05, 4.69) is 11.8 Å². The van der Waals surface area contributed by atoms with Gasteiger partial charge in [0.25, 0.3) is 0 Å². The van der Waals surface area contributed by atoms with E-state index in [0.717, 1.165) is 24.9 Å². The molecule has 0 saturated carbocycles. The van der Waals surface area contributed by atoms with Gasteiger partial charge in [-0.15, -0.1) is 0 Å². The molecule has 1 aliphatic rings. The molecular formula is C13H19FN2. The minimum Gasteiger partial charge on any atom is -0.368 e. The molecule has 1 heterocycles. The van der Waals surface area contributed by atoms with Crippen LogP contribution in [0.4, 0.5) is 10.1 Å². The Kier molecular flexibility index (Phi) is 3.15. The number of benzene rings is 1. The van der Waals surface area contributed by atoms with Crippen molar-refractivity contribution < 1.29 is 4.39 Å². The molecule has 1 aromatic carbocycles. The van der Waals surface area contributed by atoms with Gasteiger partial charge in [-0.05, 0) is 50.5 Å². The first-order valence-electron chi connectivity index (χ1n) is 5.92. The number of likely N-dealkylation sites (N-methyl/N-ethyl adjacent to an activating group) is 1. The van der Waals surface area contributed by atoms with Crippen molar-refractivity contribution in [1.29, 1.82) is 0 Å². The van der Waals surface area contributed by atoms with Crippen LogP contribution >= 0.6 is 0 Å². The molecule has 0 amide bonds. The number of rotatable bonds is 3. The summed E-state index contributed by atoms with van der Waals surface area (Å²) in [5, 5.41) is 0. The van der Waals surface area contributed by atoms with Gasteiger partial charge >= 0.3 is 0 Å². The van der Waals surface area contributed by atoms with Crippen molar-refractivity contribution in [2.45, 2.75) is 38.8 Å². The van der Waals surface area contributed by atoms with Crippen LogP contribution in [0, 0.1) is 5.82 Å². The highest BCUT2D eigenvalue weighted by Gasteiger charge is 2.28. The molecule has 2 rings (SSSR count). The fourth-order valence-electron chi connectivity index (χ4n) is 2.63. The lowest BCUT2D eigenvalue weighted by Gasteiger charge is -2.27. The average molecular weight is 222 g/mol. The van der Waals surface area contributed by atoms with E-state index in [1.54, 1.807) is 6.07 Å². The van der Waals surface area contributed by atoms with Crippen LogP contribution in [0.15, 0.2) is 18.2 Å². The van der Waals surface area contributed by atoms with Crippen LogP contribution in [0.2, 0.25) is 0 Å². The van der Waals surface area contributed by atoms with Gasteiger partial charge in [0.15, 0.2) is 0 Å². The highest BCUT2D eigenvalue weighted by Crippen LogP contribution is 2.33. The van der Waals surface area contributed by atoms with Crippen molar-refractivity contribution in [2.75, 3.05) is 11.4 Å². The summed E-state index contributed by atoms with van der Waals surface area (Å²) < 4.78 is 13.1. The molecule has 0 spiro atoms. The summed E-state index contributed by atoms with van der Waals surface area (Å²) in [6.45, 7) is 5.11. The van der Waals surface area contributed by atoms with Crippen LogP contribution in [0.5, 0.6) is 0 Å². The Hall–Kier alpha value is -1.09. The van der Waals surface area contributed by atoms with Crippen LogP contribution in [-0.4, -0.2) is 18.6 Å². The Balaban J connectivity index is 2.25. The zero-order valence-corrected chi connectivity index (χ0v) is 9.91. The summed E-state index contributed by atoms with van der Waals surface area (Å²) in [6.07, 6.45) is 1.88. The Morgan fingerprint density at radius 1 is 1.56 bits per heavy atom. The maximum atomic E-state index is 13.1. The quantitative estimate of drug-likeness (QED) is 0.850.